The lowest BCUT2D eigenvalue weighted by Gasteiger charge is -2.37. The van der Waals surface area contributed by atoms with E-state index >= 15 is 0 Å². The topological polar surface area (TPSA) is 40.5 Å². The Morgan fingerprint density at radius 3 is 2.93 bits per heavy atom. The van der Waals surface area contributed by atoms with E-state index in [1.807, 2.05) is 6.92 Å². The fourth-order valence-corrected chi connectivity index (χ4v) is 2.43. The van der Waals surface area contributed by atoms with Gasteiger partial charge in [-0.1, -0.05) is 18.2 Å². The molecule has 2 N–H and O–H groups in total. The van der Waals surface area contributed by atoms with Crippen LogP contribution in [0.4, 0.5) is 0 Å². The second-order valence-corrected chi connectivity index (χ2v) is 4.27. The highest BCUT2D eigenvalue weighted by molar-refractivity contribution is 5.35. The summed E-state index contributed by atoms with van der Waals surface area (Å²) in [5.41, 5.74) is 2.27. The summed E-state index contributed by atoms with van der Waals surface area (Å²) in [6.07, 6.45) is 4.69. The van der Waals surface area contributed by atoms with E-state index in [9.17, 15) is 10.2 Å². The van der Waals surface area contributed by atoms with Gasteiger partial charge in [-0.3, -0.25) is 0 Å². The van der Waals surface area contributed by atoms with E-state index in [0.29, 0.717) is 12.2 Å². The van der Waals surface area contributed by atoms with Gasteiger partial charge < -0.3 is 10.2 Å². The number of hydrogen-bond donors (Lipinski definition) is 2. The minimum Gasteiger partial charge on any atom is -0.513 e. The third-order valence-corrected chi connectivity index (χ3v) is 3.40. The van der Waals surface area contributed by atoms with Crippen LogP contribution < -0.4 is 0 Å². The van der Waals surface area contributed by atoms with Crippen LogP contribution in [0.15, 0.2) is 35.6 Å². The highest BCUT2D eigenvalue weighted by Gasteiger charge is 2.35. The molecule has 0 spiro atoms. The molecule has 0 fully saturated rings. The van der Waals surface area contributed by atoms with Gasteiger partial charge in [-0.2, -0.15) is 0 Å². The molecule has 2 aliphatic rings. The van der Waals surface area contributed by atoms with Gasteiger partial charge in [-0.05, 0) is 36.8 Å². The van der Waals surface area contributed by atoms with Gasteiger partial charge in [0.1, 0.15) is 0 Å². The van der Waals surface area contributed by atoms with Crippen molar-refractivity contribution in [2.45, 2.75) is 25.9 Å². The highest BCUT2D eigenvalue weighted by Crippen LogP contribution is 2.41. The second kappa shape index (κ2) is 3.28. The summed E-state index contributed by atoms with van der Waals surface area (Å²) in [7, 11) is 0. The van der Waals surface area contributed by atoms with Crippen LogP contribution in [0.25, 0.3) is 0 Å². The van der Waals surface area contributed by atoms with Crippen LogP contribution in [0.1, 0.15) is 19.8 Å². The number of aliphatic hydroxyl groups is 2. The van der Waals surface area contributed by atoms with Crippen LogP contribution in [0.5, 0.6) is 0 Å². The van der Waals surface area contributed by atoms with E-state index in [1.165, 1.54) is 5.57 Å². The van der Waals surface area contributed by atoms with E-state index < -0.39 is 6.10 Å². The van der Waals surface area contributed by atoms with Crippen molar-refractivity contribution in [2.24, 2.45) is 11.8 Å². The molecule has 0 aromatic rings. The van der Waals surface area contributed by atoms with Crippen molar-refractivity contribution >= 4 is 0 Å². The van der Waals surface area contributed by atoms with E-state index in [4.69, 9.17) is 0 Å². The van der Waals surface area contributed by atoms with Crippen LogP contribution in [-0.4, -0.2) is 16.3 Å². The van der Waals surface area contributed by atoms with E-state index in [2.05, 4.69) is 12.7 Å². The highest BCUT2D eigenvalue weighted by atomic mass is 16.3. The SMILES string of the molecule is C=C1C(C)=CCC2C(O)C=C(O)CC12. The lowest BCUT2D eigenvalue weighted by atomic mass is 9.70. The quantitative estimate of drug-likeness (QED) is 0.618. The van der Waals surface area contributed by atoms with Crippen molar-refractivity contribution in [2.75, 3.05) is 0 Å². The molecule has 2 aliphatic carbocycles. The van der Waals surface area contributed by atoms with Crippen LogP contribution in [0.2, 0.25) is 0 Å². The Morgan fingerprint density at radius 1 is 1.50 bits per heavy atom. The molecule has 2 nitrogen and oxygen atoms in total. The molecule has 0 aromatic carbocycles. The molecule has 0 bridgehead atoms. The van der Waals surface area contributed by atoms with Crippen molar-refractivity contribution in [1.29, 1.82) is 0 Å². The first-order valence-electron chi connectivity index (χ1n) is 5.03. The number of hydrogen-bond acceptors (Lipinski definition) is 2. The fraction of sp³-hybridized carbons (Fsp3) is 0.500. The van der Waals surface area contributed by atoms with Crippen LogP contribution in [-0.2, 0) is 0 Å². The normalized spacial score (nSPS) is 37.3. The Balaban J connectivity index is 2.30. The Morgan fingerprint density at radius 2 is 2.21 bits per heavy atom. The third kappa shape index (κ3) is 1.40. The fourth-order valence-electron chi connectivity index (χ4n) is 2.43. The van der Waals surface area contributed by atoms with Gasteiger partial charge in [0.25, 0.3) is 0 Å². The molecule has 0 saturated heterocycles. The van der Waals surface area contributed by atoms with Crippen molar-refractivity contribution in [3.63, 3.8) is 0 Å². The van der Waals surface area contributed by atoms with Gasteiger partial charge in [-0.25, -0.2) is 0 Å². The van der Waals surface area contributed by atoms with Crippen molar-refractivity contribution < 1.29 is 10.2 Å². The van der Waals surface area contributed by atoms with Crippen LogP contribution in [0.3, 0.4) is 0 Å². The summed E-state index contributed by atoms with van der Waals surface area (Å²) in [5.74, 6) is 0.733. The molecule has 0 aliphatic heterocycles. The van der Waals surface area contributed by atoms with Crippen LogP contribution in [0, 0.1) is 11.8 Å². The second-order valence-electron chi connectivity index (χ2n) is 4.27. The summed E-state index contributed by atoms with van der Waals surface area (Å²) >= 11 is 0. The number of allylic oxidation sites excluding steroid dienone is 4. The molecular formula is C12H16O2. The van der Waals surface area contributed by atoms with Crippen molar-refractivity contribution in [3.8, 4) is 0 Å². The molecule has 0 saturated carbocycles. The zero-order chi connectivity index (χ0) is 10.3. The maximum Gasteiger partial charge on any atom is 0.0914 e. The lowest BCUT2D eigenvalue weighted by molar-refractivity contribution is 0.0981. The lowest BCUT2D eigenvalue weighted by Crippen LogP contribution is -2.33. The first-order valence-corrected chi connectivity index (χ1v) is 5.03. The maximum atomic E-state index is 9.77. The van der Waals surface area contributed by atoms with Gasteiger partial charge in [0.05, 0.1) is 11.9 Å². The zero-order valence-corrected chi connectivity index (χ0v) is 8.40. The number of rotatable bonds is 0. The Labute approximate surface area is 84.3 Å². The Kier molecular flexibility index (Phi) is 2.23. The predicted molar refractivity (Wildman–Crippen MR) is 55.8 cm³/mol. The van der Waals surface area contributed by atoms with Gasteiger partial charge in [0.2, 0.25) is 0 Å². The molecule has 0 heterocycles. The first-order chi connectivity index (χ1) is 6.59. The van der Waals surface area contributed by atoms with E-state index in [1.54, 1.807) is 6.08 Å². The van der Waals surface area contributed by atoms with Gasteiger partial charge in [0.15, 0.2) is 0 Å². The minimum absolute atomic E-state index is 0.210. The summed E-state index contributed by atoms with van der Waals surface area (Å²) in [6.45, 7) is 6.07. The number of aliphatic hydroxyl groups excluding tert-OH is 2. The zero-order valence-electron chi connectivity index (χ0n) is 8.40. The van der Waals surface area contributed by atoms with Gasteiger partial charge in [0, 0.05) is 6.42 Å². The summed E-state index contributed by atoms with van der Waals surface area (Å²) in [4.78, 5) is 0. The Bertz CT molecular complexity index is 325. The smallest absolute Gasteiger partial charge is 0.0914 e. The largest absolute Gasteiger partial charge is 0.513 e. The molecule has 76 valence electrons. The monoisotopic (exact) mass is 192 g/mol. The summed E-state index contributed by atoms with van der Waals surface area (Å²) < 4.78 is 0. The average Bonchev–Trinajstić information content (AvgIpc) is 2.12. The molecule has 0 aromatic heterocycles. The van der Waals surface area contributed by atoms with E-state index in [-0.39, 0.29) is 11.8 Å². The predicted octanol–water partition coefficient (Wildman–Crippen LogP) is 2.33. The molecule has 0 amide bonds. The van der Waals surface area contributed by atoms with Gasteiger partial charge >= 0.3 is 0 Å². The molecular weight excluding hydrogens is 176 g/mol. The molecule has 3 atom stereocenters. The van der Waals surface area contributed by atoms with Crippen molar-refractivity contribution in [1.82, 2.24) is 0 Å². The number of fused-ring (bicyclic) bond motifs is 1. The molecule has 0 radical (unpaired) electrons. The first kappa shape index (κ1) is 9.53. The summed E-state index contributed by atoms with van der Waals surface area (Å²) in [5, 5.41) is 19.2. The molecule has 2 heteroatoms. The molecule has 14 heavy (non-hydrogen) atoms. The van der Waals surface area contributed by atoms with Crippen LogP contribution >= 0.6 is 0 Å². The van der Waals surface area contributed by atoms with Gasteiger partial charge in [-0.15, -0.1) is 0 Å². The molecule has 3 unspecified atom stereocenters. The standard InChI is InChI=1S/C12H16O2/c1-7-3-4-10-11(8(7)2)5-9(13)6-12(10)14/h3,6,10-14H,2,4-5H2,1H3. The average molecular weight is 192 g/mol. The Hall–Kier alpha value is -1.02. The summed E-state index contributed by atoms with van der Waals surface area (Å²) in [6, 6.07) is 0. The van der Waals surface area contributed by atoms with E-state index in [0.717, 1.165) is 12.0 Å². The minimum atomic E-state index is -0.519. The van der Waals surface area contributed by atoms with Crippen molar-refractivity contribution in [3.05, 3.63) is 35.6 Å². The molecule has 2 rings (SSSR count). The third-order valence-electron chi connectivity index (χ3n) is 3.40. The maximum absolute atomic E-state index is 9.77.